The van der Waals surface area contributed by atoms with E-state index >= 15 is 0 Å². The summed E-state index contributed by atoms with van der Waals surface area (Å²) in [5, 5.41) is 0. The van der Waals surface area contributed by atoms with Gasteiger partial charge < -0.3 is 15.2 Å². The van der Waals surface area contributed by atoms with E-state index in [1.165, 1.54) is 64.2 Å². The summed E-state index contributed by atoms with van der Waals surface area (Å²) in [5.41, 5.74) is 5.64. The van der Waals surface area contributed by atoms with Crippen LogP contribution in [0.2, 0.25) is 0 Å². The second-order valence-corrected chi connectivity index (χ2v) is 6.38. The minimum atomic E-state index is 0.106. The molecule has 0 saturated carbocycles. The van der Waals surface area contributed by atoms with E-state index in [1.54, 1.807) is 0 Å². The van der Waals surface area contributed by atoms with Crippen LogP contribution in [0.25, 0.3) is 0 Å². The van der Waals surface area contributed by atoms with Crippen LogP contribution in [-0.2, 0) is 9.47 Å². The van der Waals surface area contributed by atoms with Crippen molar-refractivity contribution in [3.63, 3.8) is 0 Å². The molecule has 2 atom stereocenters. The summed E-state index contributed by atoms with van der Waals surface area (Å²) in [6.07, 6.45) is 13.8. The van der Waals surface area contributed by atoms with Crippen molar-refractivity contribution >= 4 is 0 Å². The zero-order valence-electron chi connectivity index (χ0n) is 14.7. The molecule has 128 valence electrons. The van der Waals surface area contributed by atoms with E-state index in [1.807, 2.05) is 13.8 Å². The topological polar surface area (TPSA) is 44.5 Å². The molecule has 0 aromatic carbocycles. The fraction of sp³-hybridized carbons (Fsp3) is 1.00. The Labute approximate surface area is 133 Å². The van der Waals surface area contributed by atoms with Gasteiger partial charge in [-0.1, -0.05) is 64.7 Å². The Bertz CT molecular complexity index is 198. The van der Waals surface area contributed by atoms with Crippen LogP contribution >= 0.6 is 0 Å². The second kappa shape index (κ2) is 16.3. The Kier molecular flexibility index (Phi) is 16.2. The van der Waals surface area contributed by atoms with Crippen molar-refractivity contribution in [2.24, 2.45) is 5.73 Å². The molecule has 0 aliphatic carbocycles. The Morgan fingerprint density at radius 2 is 1.29 bits per heavy atom. The summed E-state index contributed by atoms with van der Waals surface area (Å²) in [6, 6.07) is 0.106. The molecule has 0 spiro atoms. The lowest BCUT2D eigenvalue weighted by molar-refractivity contribution is -0.0108. The number of nitrogens with two attached hydrogens (primary N) is 1. The zero-order valence-corrected chi connectivity index (χ0v) is 14.7. The van der Waals surface area contributed by atoms with Crippen LogP contribution in [0.15, 0.2) is 0 Å². The molecule has 0 aliphatic rings. The lowest BCUT2D eigenvalue weighted by Gasteiger charge is -2.14. The largest absolute Gasteiger partial charge is 0.379 e. The van der Waals surface area contributed by atoms with Gasteiger partial charge in [-0.2, -0.15) is 0 Å². The monoisotopic (exact) mass is 301 g/mol. The molecule has 0 radical (unpaired) electrons. The molecule has 0 aromatic heterocycles. The fourth-order valence-electron chi connectivity index (χ4n) is 2.31. The van der Waals surface area contributed by atoms with Gasteiger partial charge in [0.1, 0.15) is 0 Å². The van der Waals surface area contributed by atoms with Crippen molar-refractivity contribution in [1.29, 1.82) is 0 Å². The minimum Gasteiger partial charge on any atom is -0.379 e. The smallest absolute Gasteiger partial charge is 0.0781 e. The maximum Gasteiger partial charge on any atom is 0.0781 e. The van der Waals surface area contributed by atoms with Gasteiger partial charge in [-0.15, -0.1) is 0 Å². The van der Waals surface area contributed by atoms with Gasteiger partial charge in [0, 0.05) is 12.6 Å². The summed E-state index contributed by atoms with van der Waals surface area (Å²) in [6.45, 7) is 8.43. The first-order valence-electron chi connectivity index (χ1n) is 9.11. The highest BCUT2D eigenvalue weighted by atomic mass is 16.5. The quantitative estimate of drug-likeness (QED) is 0.421. The molecule has 0 rings (SSSR count). The number of unbranched alkanes of at least 4 members (excludes halogenated alkanes) is 9. The minimum absolute atomic E-state index is 0.106. The molecular formula is C18H39NO2. The molecule has 0 saturated heterocycles. The van der Waals surface area contributed by atoms with Gasteiger partial charge in [0.2, 0.25) is 0 Å². The van der Waals surface area contributed by atoms with Gasteiger partial charge in [0.25, 0.3) is 0 Å². The first kappa shape index (κ1) is 20.9. The van der Waals surface area contributed by atoms with Crippen LogP contribution in [0.5, 0.6) is 0 Å². The van der Waals surface area contributed by atoms with Crippen LogP contribution < -0.4 is 5.73 Å². The first-order valence-corrected chi connectivity index (χ1v) is 9.11. The number of rotatable bonds is 16. The van der Waals surface area contributed by atoms with Crippen molar-refractivity contribution in [2.45, 2.75) is 97.1 Å². The summed E-state index contributed by atoms with van der Waals surface area (Å²) in [5.74, 6) is 0. The van der Waals surface area contributed by atoms with Crippen molar-refractivity contribution in [3.8, 4) is 0 Å². The summed E-state index contributed by atoms with van der Waals surface area (Å²) in [4.78, 5) is 0. The number of hydrogen-bond donors (Lipinski definition) is 1. The molecule has 0 heterocycles. The maximum absolute atomic E-state index is 5.64. The van der Waals surface area contributed by atoms with Crippen LogP contribution in [-0.4, -0.2) is 32.0 Å². The molecule has 0 bridgehead atoms. The van der Waals surface area contributed by atoms with Gasteiger partial charge in [-0.05, 0) is 20.3 Å². The average molecular weight is 302 g/mol. The maximum atomic E-state index is 5.64. The van der Waals surface area contributed by atoms with Crippen molar-refractivity contribution in [3.05, 3.63) is 0 Å². The molecule has 3 heteroatoms. The third kappa shape index (κ3) is 17.8. The van der Waals surface area contributed by atoms with E-state index in [4.69, 9.17) is 15.2 Å². The molecule has 2 N–H and O–H groups in total. The Balaban J connectivity index is 3.08. The third-order valence-corrected chi connectivity index (χ3v) is 3.64. The summed E-state index contributed by atoms with van der Waals surface area (Å²) in [7, 11) is 0. The lowest BCUT2D eigenvalue weighted by atomic mass is 10.1. The molecule has 0 amide bonds. The van der Waals surface area contributed by atoms with E-state index in [2.05, 4.69) is 6.92 Å². The predicted molar refractivity (Wildman–Crippen MR) is 91.7 cm³/mol. The van der Waals surface area contributed by atoms with E-state index in [9.17, 15) is 0 Å². The summed E-state index contributed by atoms with van der Waals surface area (Å²) < 4.78 is 11.2. The van der Waals surface area contributed by atoms with Crippen LogP contribution in [0, 0.1) is 0 Å². The molecule has 3 nitrogen and oxygen atoms in total. The highest BCUT2D eigenvalue weighted by molar-refractivity contribution is 4.54. The molecule has 0 fully saturated rings. The van der Waals surface area contributed by atoms with Gasteiger partial charge in [-0.25, -0.2) is 0 Å². The van der Waals surface area contributed by atoms with Gasteiger partial charge in [-0.3, -0.25) is 0 Å². The molecule has 0 aliphatic heterocycles. The summed E-state index contributed by atoms with van der Waals surface area (Å²) >= 11 is 0. The molecular weight excluding hydrogens is 262 g/mol. The molecule has 0 aromatic rings. The van der Waals surface area contributed by atoms with Gasteiger partial charge in [0.05, 0.1) is 19.3 Å². The predicted octanol–water partition coefficient (Wildman–Crippen LogP) is 4.68. The highest BCUT2D eigenvalue weighted by Gasteiger charge is 2.03. The molecule has 2 unspecified atom stereocenters. The number of ether oxygens (including phenoxy) is 2. The van der Waals surface area contributed by atoms with E-state index < -0.39 is 0 Å². The standard InChI is InChI=1S/C18H39NO2/c1-4-5-6-7-8-9-10-11-12-13-14-20-16-18(3)21-15-17(2)19/h17-18H,4-16,19H2,1-3H3. The first-order chi connectivity index (χ1) is 10.2. The van der Waals surface area contributed by atoms with Gasteiger partial charge in [0.15, 0.2) is 0 Å². The lowest BCUT2D eigenvalue weighted by Crippen LogP contribution is -2.27. The van der Waals surface area contributed by atoms with Crippen LogP contribution in [0.4, 0.5) is 0 Å². The SMILES string of the molecule is CCCCCCCCCCCCOCC(C)OCC(C)N. The Hall–Kier alpha value is -0.120. The van der Waals surface area contributed by atoms with Crippen molar-refractivity contribution in [1.82, 2.24) is 0 Å². The van der Waals surface area contributed by atoms with Gasteiger partial charge >= 0.3 is 0 Å². The van der Waals surface area contributed by atoms with E-state index in [-0.39, 0.29) is 12.1 Å². The van der Waals surface area contributed by atoms with E-state index in [0.29, 0.717) is 13.2 Å². The second-order valence-electron chi connectivity index (χ2n) is 6.38. The number of hydrogen-bond acceptors (Lipinski definition) is 3. The normalized spacial score (nSPS) is 14.3. The van der Waals surface area contributed by atoms with E-state index in [0.717, 1.165) is 6.61 Å². The Morgan fingerprint density at radius 1 is 0.762 bits per heavy atom. The highest BCUT2D eigenvalue weighted by Crippen LogP contribution is 2.10. The van der Waals surface area contributed by atoms with Crippen molar-refractivity contribution < 1.29 is 9.47 Å². The Morgan fingerprint density at radius 3 is 1.81 bits per heavy atom. The fourth-order valence-corrected chi connectivity index (χ4v) is 2.31. The average Bonchev–Trinajstić information content (AvgIpc) is 2.46. The third-order valence-electron chi connectivity index (χ3n) is 3.64. The van der Waals surface area contributed by atoms with Crippen LogP contribution in [0.3, 0.4) is 0 Å². The molecule has 21 heavy (non-hydrogen) atoms. The van der Waals surface area contributed by atoms with Crippen molar-refractivity contribution in [2.75, 3.05) is 19.8 Å². The van der Waals surface area contributed by atoms with Crippen LogP contribution in [0.1, 0.15) is 85.0 Å². The zero-order chi connectivity index (χ0) is 15.8.